The molecule has 2 N–H and O–H groups in total. The van der Waals surface area contributed by atoms with Gasteiger partial charge < -0.3 is 9.47 Å². The summed E-state index contributed by atoms with van der Waals surface area (Å²) in [6.07, 6.45) is 6.69. The third-order valence-corrected chi connectivity index (χ3v) is 5.33. The molecule has 0 radical (unpaired) electrons. The second-order valence-corrected chi connectivity index (χ2v) is 6.83. The van der Waals surface area contributed by atoms with Crippen molar-refractivity contribution in [1.82, 2.24) is 10.9 Å². The van der Waals surface area contributed by atoms with Crippen LogP contribution in [0.2, 0.25) is 0 Å². The SMILES string of the molecule is O=C(COc1ccc2c(c1)CCC2)OC1CCCC2NNCC21. The van der Waals surface area contributed by atoms with Crippen LogP contribution >= 0.6 is 0 Å². The standard InChI is InChI=1S/C18H24N2O3/c21-18(23-17-6-2-5-16-15(17)10-19-20-16)11-22-14-8-7-12-3-1-4-13(12)9-14/h7-9,15-17,19-20H,1-6,10-11H2. The number of hydrogen-bond donors (Lipinski definition) is 2. The molecule has 4 rings (SSSR count). The Balaban J connectivity index is 1.30. The van der Waals surface area contributed by atoms with Gasteiger partial charge in [0.2, 0.25) is 0 Å². The first-order valence-electron chi connectivity index (χ1n) is 8.72. The highest BCUT2D eigenvalue weighted by Gasteiger charge is 2.38. The summed E-state index contributed by atoms with van der Waals surface area (Å²) in [6.45, 7) is 0.863. The Hall–Kier alpha value is -1.59. The molecule has 124 valence electrons. The maximum atomic E-state index is 12.1. The van der Waals surface area contributed by atoms with Crippen molar-refractivity contribution in [2.24, 2.45) is 5.92 Å². The average Bonchev–Trinajstić information content (AvgIpc) is 3.21. The minimum atomic E-state index is -0.261. The number of aryl methyl sites for hydroxylation is 2. The minimum absolute atomic E-state index is 0.00642. The van der Waals surface area contributed by atoms with E-state index >= 15 is 0 Å². The molecule has 5 heteroatoms. The maximum absolute atomic E-state index is 12.1. The van der Waals surface area contributed by atoms with Crippen LogP contribution in [-0.4, -0.2) is 31.3 Å². The van der Waals surface area contributed by atoms with Gasteiger partial charge in [0.25, 0.3) is 0 Å². The number of ether oxygens (including phenoxy) is 2. The fraction of sp³-hybridized carbons (Fsp3) is 0.611. The molecule has 0 amide bonds. The van der Waals surface area contributed by atoms with Crippen molar-refractivity contribution in [3.8, 4) is 5.75 Å². The van der Waals surface area contributed by atoms with E-state index in [4.69, 9.17) is 9.47 Å². The van der Waals surface area contributed by atoms with Crippen LogP contribution in [0.25, 0.3) is 0 Å². The first kappa shape index (κ1) is 15.0. The topological polar surface area (TPSA) is 59.6 Å². The lowest BCUT2D eigenvalue weighted by atomic mass is 9.83. The number of nitrogens with one attached hydrogen (secondary N) is 2. The van der Waals surface area contributed by atoms with E-state index in [-0.39, 0.29) is 18.7 Å². The summed E-state index contributed by atoms with van der Waals surface area (Å²) in [7, 11) is 0. The zero-order valence-corrected chi connectivity index (χ0v) is 13.3. The van der Waals surface area contributed by atoms with Crippen molar-refractivity contribution in [1.29, 1.82) is 0 Å². The predicted octanol–water partition coefficient (Wildman–Crippen LogP) is 1.74. The van der Waals surface area contributed by atoms with E-state index in [1.54, 1.807) is 0 Å². The normalized spacial score (nSPS) is 29.0. The van der Waals surface area contributed by atoms with Crippen LogP contribution in [0.15, 0.2) is 18.2 Å². The molecule has 23 heavy (non-hydrogen) atoms. The van der Waals surface area contributed by atoms with Gasteiger partial charge >= 0.3 is 5.97 Å². The number of carbonyl (C=O) groups excluding carboxylic acids is 1. The van der Waals surface area contributed by atoms with Crippen molar-refractivity contribution in [3.63, 3.8) is 0 Å². The number of hydrazine groups is 1. The van der Waals surface area contributed by atoms with Crippen molar-refractivity contribution >= 4 is 5.97 Å². The Morgan fingerprint density at radius 3 is 3.04 bits per heavy atom. The van der Waals surface area contributed by atoms with E-state index in [2.05, 4.69) is 23.0 Å². The molecule has 1 saturated carbocycles. The highest BCUT2D eigenvalue weighted by atomic mass is 16.6. The third-order valence-electron chi connectivity index (χ3n) is 5.33. The lowest BCUT2D eigenvalue weighted by Crippen LogP contribution is -2.41. The van der Waals surface area contributed by atoms with E-state index in [0.29, 0.717) is 12.0 Å². The summed E-state index contributed by atoms with van der Waals surface area (Å²) in [5.74, 6) is 0.893. The first-order valence-corrected chi connectivity index (χ1v) is 8.72. The van der Waals surface area contributed by atoms with Crippen LogP contribution in [-0.2, 0) is 22.4 Å². The fourth-order valence-corrected chi connectivity index (χ4v) is 4.12. The van der Waals surface area contributed by atoms with Gasteiger partial charge in [-0.1, -0.05) is 6.07 Å². The molecule has 1 saturated heterocycles. The van der Waals surface area contributed by atoms with Crippen LogP contribution in [0.1, 0.15) is 36.8 Å². The zero-order chi connectivity index (χ0) is 15.6. The molecule has 0 spiro atoms. The van der Waals surface area contributed by atoms with Crippen LogP contribution in [0.3, 0.4) is 0 Å². The van der Waals surface area contributed by atoms with Crippen molar-refractivity contribution < 1.29 is 14.3 Å². The molecule has 1 aromatic carbocycles. The molecule has 0 aromatic heterocycles. The van der Waals surface area contributed by atoms with Gasteiger partial charge in [0, 0.05) is 18.5 Å². The van der Waals surface area contributed by atoms with Gasteiger partial charge in [-0.25, -0.2) is 4.79 Å². The van der Waals surface area contributed by atoms with Gasteiger partial charge in [0.15, 0.2) is 6.61 Å². The van der Waals surface area contributed by atoms with E-state index in [1.807, 2.05) is 6.07 Å². The van der Waals surface area contributed by atoms with Gasteiger partial charge in [-0.3, -0.25) is 10.9 Å². The van der Waals surface area contributed by atoms with Crippen LogP contribution in [0, 0.1) is 5.92 Å². The van der Waals surface area contributed by atoms with Crippen LogP contribution in [0.5, 0.6) is 5.75 Å². The lowest BCUT2D eigenvalue weighted by molar-refractivity contribution is -0.155. The molecule has 2 fully saturated rings. The van der Waals surface area contributed by atoms with E-state index in [1.165, 1.54) is 17.5 Å². The summed E-state index contributed by atoms with van der Waals surface area (Å²) in [6, 6.07) is 6.57. The Kier molecular flexibility index (Phi) is 4.23. The number of fused-ring (bicyclic) bond motifs is 2. The molecule has 3 unspecified atom stereocenters. The van der Waals surface area contributed by atoms with Gasteiger partial charge in [-0.15, -0.1) is 0 Å². The number of benzene rings is 1. The summed E-state index contributed by atoms with van der Waals surface area (Å²) < 4.78 is 11.3. The van der Waals surface area contributed by atoms with Gasteiger partial charge in [0.05, 0.1) is 0 Å². The molecule has 3 aliphatic rings. The van der Waals surface area contributed by atoms with Gasteiger partial charge in [-0.05, 0) is 61.8 Å². The monoisotopic (exact) mass is 316 g/mol. The second kappa shape index (κ2) is 6.49. The first-order chi connectivity index (χ1) is 11.3. The Labute approximate surface area is 136 Å². The highest BCUT2D eigenvalue weighted by Crippen LogP contribution is 2.29. The summed E-state index contributed by atoms with van der Waals surface area (Å²) >= 11 is 0. The highest BCUT2D eigenvalue weighted by molar-refractivity contribution is 5.71. The lowest BCUT2D eigenvalue weighted by Gasteiger charge is -2.32. The Morgan fingerprint density at radius 2 is 2.09 bits per heavy atom. The van der Waals surface area contributed by atoms with Crippen LogP contribution < -0.4 is 15.6 Å². The molecular weight excluding hydrogens is 292 g/mol. The molecule has 2 aliphatic carbocycles. The maximum Gasteiger partial charge on any atom is 0.344 e. The predicted molar refractivity (Wildman–Crippen MR) is 86.1 cm³/mol. The minimum Gasteiger partial charge on any atom is -0.482 e. The Morgan fingerprint density at radius 1 is 1.17 bits per heavy atom. The largest absolute Gasteiger partial charge is 0.482 e. The fourth-order valence-electron chi connectivity index (χ4n) is 4.12. The molecule has 5 nitrogen and oxygen atoms in total. The molecular formula is C18H24N2O3. The van der Waals surface area contributed by atoms with E-state index < -0.39 is 0 Å². The summed E-state index contributed by atoms with van der Waals surface area (Å²) in [5.41, 5.74) is 9.21. The van der Waals surface area contributed by atoms with Gasteiger partial charge in [-0.2, -0.15) is 0 Å². The number of carbonyl (C=O) groups is 1. The van der Waals surface area contributed by atoms with Crippen molar-refractivity contribution in [3.05, 3.63) is 29.3 Å². The molecule has 0 bridgehead atoms. The van der Waals surface area contributed by atoms with Crippen LogP contribution in [0.4, 0.5) is 0 Å². The Bertz CT molecular complexity index is 590. The molecule has 1 heterocycles. The van der Waals surface area contributed by atoms with E-state index in [0.717, 1.165) is 44.4 Å². The zero-order valence-electron chi connectivity index (χ0n) is 13.3. The molecule has 3 atom stereocenters. The van der Waals surface area contributed by atoms with Crippen molar-refractivity contribution in [2.75, 3.05) is 13.2 Å². The van der Waals surface area contributed by atoms with E-state index in [9.17, 15) is 4.79 Å². The number of hydrogen-bond acceptors (Lipinski definition) is 5. The summed E-state index contributed by atoms with van der Waals surface area (Å²) in [5, 5.41) is 0. The number of rotatable bonds is 4. The molecule has 1 aliphatic heterocycles. The quantitative estimate of drug-likeness (QED) is 0.829. The second-order valence-electron chi connectivity index (χ2n) is 6.83. The van der Waals surface area contributed by atoms with Gasteiger partial charge in [0.1, 0.15) is 11.9 Å². The summed E-state index contributed by atoms with van der Waals surface area (Å²) in [4.78, 5) is 12.1. The number of esters is 1. The average molecular weight is 316 g/mol. The van der Waals surface area contributed by atoms with Crippen molar-refractivity contribution in [2.45, 2.75) is 50.7 Å². The molecule has 1 aromatic rings. The third kappa shape index (κ3) is 3.21. The smallest absolute Gasteiger partial charge is 0.344 e.